The van der Waals surface area contributed by atoms with Crippen molar-refractivity contribution in [2.75, 3.05) is 7.11 Å². The lowest BCUT2D eigenvalue weighted by atomic mass is 10.0. The Morgan fingerprint density at radius 3 is 2.94 bits per heavy atom. The minimum absolute atomic E-state index is 0.0924. The number of rotatable bonds is 2. The van der Waals surface area contributed by atoms with Gasteiger partial charge in [-0.25, -0.2) is 0 Å². The van der Waals surface area contributed by atoms with Crippen molar-refractivity contribution in [3.05, 3.63) is 23.8 Å². The Balaban J connectivity index is 2.45. The predicted molar refractivity (Wildman–Crippen MR) is 62.4 cm³/mol. The minimum atomic E-state index is -0.480. The van der Waals surface area contributed by atoms with E-state index in [4.69, 9.17) is 16.3 Å². The predicted octanol–water partition coefficient (Wildman–Crippen LogP) is 2.51. The van der Waals surface area contributed by atoms with Crippen LogP contribution in [0.25, 0.3) is 0 Å². The van der Waals surface area contributed by atoms with E-state index in [1.165, 1.54) is 18.9 Å². The van der Waals surface area contributed by atoms with E-state index in [1.807, 2.05) is 0 Å². The van der Waals surface area contributed by atoms with Gasteiger partial charge >= 0.3 is 0 Å². The van der Waals surface area contributed by atoms with Crippen molar-refractivity contribution in [3.8, 4) is 5.75 Å². The van der Waals surface area contributed by atoms with Crippen LogP contribution >= 0.6 is 23.4 Å². The molecule has 0 radical (unpaired) electrons. The highest BCUT2D eigenvalue weighted by molar-refractivity contribution is 8.01. The van der Waals surface area contributed by atoms with Crippen LogP contribution in [0.5, 0.6) is 5.75 Å². The van der Waals surface area contributed by atoms with E-state index in [9.17, 15) is 9.59 Å². The first kappa shape index (κ1) is 11.5. The summed E-state index contributed by atoms with van der Waals surface area (Å²) < 4.78 is 5.13. The number of carbonyl (C=O) groups excluding carboxylic acids is 2. The van der Waals surface area contributed by atoms with Gasteiger partial charge in [0.2, 0.25) is 5.24 Å². The van der Waals surface area contributed by atoms with E-state index in [0.29, 0.717) is 11.3 Å². The largest absolute Gasteiger partial charge is 0.496 e. The number of hydrogen-bond acceptors (Lipinski definition) is 4. The van der Waals surface area contributed by atoms with Crippen LogP contribution in [0.1, 0.15) is 16.8 Å². The van der Waals surface area contributed by atoms with Crippen LogP contribution in [-0.2, 0) is 4.79 Å². The second-order valence-corrected chi connectivity index (χ2v) is 4.99. The molecular formula is C11H9ClO3S. The number of halogens is 1. The quantitative estimate of drug-likeness (QED) is 0.763. The number of ether oxygens (including phenoxy) is 1. The summed E-state index contributed by atoms with van der Waals surface area (Å²) in [5, 5.41) is -0.958. The molecule has 1 aromatic carbocycles. The Morgan fingerprint density at radius 2 is 2.31 bits per heavy atom. The molecule has 1 aromatic rings. The summed E-state index contributed by atoms with van der Waals surface area (Å²) in [5.74, 6) is 0.459. The van der Waals surface area contributed by atoms with Crippen LogP contribution in [0.4, 0.5) is 0 Å². The van der Waals surface area contributed by atoms with Crippen molar-refractivity contribution in [2.45, 2.75) is 16.6 Å². The van der Waals surface area contributed by atoms with Crippen LogP contribution in [0.3, 0.4) is 0 Å². The summed E-state index contributed by atoms with van der Waals surface area (Å²) in [6, 6.07) is 5.32. The van der Waals surface area contributed by atoms with Crippen LogP contribution in [-0.4, -0.2) is 23.4 Å². The normalized spacial score (nSPS) is 19.1. The molecule has 2 rings (SSSR count). The van der Waals surface area contributed by atoms with Crippen molar-refractivity contribution in [1.29, 1.82) is 0 Å². The molecule has 1 atom stereocenters. The Bertz CT molecular complexity index is 459. The van der Waals surface area contributed by atoms with Crippen molar-refractivity contribution in [2.24, 2.45) is 0 Å². The minimum Gasteiger partial charge on any atom is -0.496 e. The fraction of sp³-hybridized carbons (Fsp3) is 0.273. The molecule has 0 fully saturated rings. The summed E-state index contributed by atoms with van der Waals surface area (Å²) in [6.07, 6.45) is 0.139. The van der Waals surface area contributed by atoms with Gasteiger partial charge in [0.05, 0.1) is 17.9 Å². The molecule has 5 heteroatoms. The smallest absolute Gasteiger partial charge is 0.235 e. The van der Waals surface area contributed by atoms with E-state index < -0.39 is 10.5 Å². The molecule has 0 amide bonds. The maximum Gasteiger partial charge on any atom is 0.235 e. The molecule has 1 aliphatic heterocycles. The zero-order valence-electron chi connectivity index (χ0n) is 8.53. The van der Waals surface area contributed by atoms with Gasteiger partial charge < -0.3 is 4.74 Å². The van der Waals surface area contributed by atoms with Crippen molar-refractivity contribution < 1.29 is 14.3 Å². The summed E-state index contributed by atoms with van der Waals surface area (Å²) in [5.41, 5.74) is 0.559. The second kappa shape index (κ2) is 4.47. The lowest BCUT2D eigenvalue weighted by molar-refractivity contribution is -0.111. The molecule has 0 saturated carbocycles. The van der Waals surface area contributed by atoms with Crippen LogP contribution < -0.4 is 4.74 Å². The molecule has 0 aromatic heterocycles. The fourth-order valence-electron chi connectivity index (χ4n) is 1.65. The van der Waals surface area contributed by atoms with E-state index in [2.05, 4.69) is 0 Å². The molecule has 1 unspecified atom stereocenters. The number of hydrogen-bond donors (Lipinski definition) is 0. The first-order chi connectivity index (χ1) is 7.63. The molecule has 84 valence electrons. The third-order valence-corrected chi connectivity index (χ3v) is 4.03. The van der Waals surface area contributed by atoms with Crippen molar-refractivity contribution in [1.82, 2.24) is 0 Å². The lowest BCUT2D eigenvalue weighted by Gasteiger charge is -2.21. The summed E-state index contributed by atoms with van der Waals surface area (Å²) in [6.45, 7) is 0. The topological polar surface area (TPSA) is 43.4 Å². The third-order valence-electron chi connectivity index (χ3n) is 2.38. The highest BCUT2D eigenvalue weighted by atomic mass is 35.5. The molecule has 0 aliphatic carbocycles. The molecule has 1 aliphatic rings. The van der Waals surface area contributed by atoms with Crippen molar-refractivity contribution >= 4 is 34.4 Å². The zero-order valence-corrected chi connectivity index (χ0v) is 10.1. The zero-order chi connectivity index (χ0) is 11.7. The van der Waals surface area contributed by atoms with Crippen LogP contribution in [0.15, 0.2) is 23.1 Å². The molecule has 0 saturated heterocycles. The monoisotopic (exact) mass is 256 g/mol. The van der Waals surface area contributed by atoms with E-state index in [0.717, 1.165) is 4.90 Å². The van der Waals surface area contributed by atoms with E-state index in [-0.39, 0.29) is 12.2 Å². The molecule has 0 spiro atoms. The maximum atomic E-state index is 11.9. The first-order valence-corrected chi connectivity index (χ1v) is 5.95. The van der Waals surface area contributed by atoms with Gasteiger partial charge in [-0.15, -0.1) is 11.8 Å². The number of fused-ring (bicyclic) bond motifs is 1. The number of carbonyl (C=O) groups is 2. The maximum absolute atomic E-state index is 11.9. The SMILES string of the molecule is COc1cccc2c1C(=O)CC(C(=O)Cl)S2. The van der Waals surface area contributed by atoms with Gasteiger partial charge in [0.1, 0.15) is 5.75 Å². The van der Waals surface area contributed by atoms with Crippen LogP contribution in [0, 0.1) is 0 Å². The molecule has 16 heavy (non-hydrogen) atoms. The molecule has 3 nitrogen and oxygen atoms in total. The molecule has 0 bridgehead atoms. The summed E-state index contributed by atoms with van der Waals surface area (Å²) >= 11 is 6.73. The Morgan fingerprint density at radius 1 is 1.56 bits per heavy atom. The van der Waals surface area contributed by atoms with Crippen molar-refractivity contribution in [3.63, 3.8) is 0 Å². The average Bonchev–Trinajstić information content (AvgIpc) is 2.27. The molecule has 1 heterocycles. The van der Waals surface area contributed by atoms with Gasteiger partial charge in [-0.05, 0) is 23.7 Å². The summed E-state index contributed by atoms with van der Waals surface area (Å²) in [7, 11) is 1.52. The number of methoxy groups -OCH3 is 1. The van der Waals surface area contributed by atoms with Gasteiger partial charge in [0.25, 0.3) is 0 Å². The van der Waals surface area contributed by atoms with E-state index in [1.54, 1.807) is 18.2 Å². The number of thioether (sulfide) groups is 1. The molecular weight excluding hydrogens is 248 g/mol. The third kappa shape index (κ3) is 1.95. The second-order valence-electron chi connectivity index (χ2n) is 3.37. The molecule has 0 N–H and O–H groups in total. The standard InChI is InChI=1S/C11H9ClO3S/c1-15-7-3-2-4-8-10(7)6(13)5-9(16-8)11(12)14/h2-4,9H,5H2,1H3. The van der Waals surface area contributed by atoms with Gasteiger partial charge in [0.15, 0.2) is 5.78 Å². The highest BCUT2D eigenvalue weighted by Crippen LogP contribution is 2.40. The Labute approximate surface area is 102 Å². The lowest BCUT2D eigenvalue weighted by Crippen LogP contribution is -2.22. The highest BCUT2D eigenvalue weighted by Gasteiger charge is 2.31. The summed E-state index contributed by atoms with van der Waals surface area (Å²) in [4.78, 5) is 23.7. The van der Waals surface area contributed by atoms with Gasteiger partial charge in [0, 0.05) is 11.3 Å². The van der Waals surface area contributed by atoms with Gasteiger partial charge in [-0.1, -0.05) is 6.07 Å². The Kier molecular flexibility index (Phi) is 3.21. The van der Waals surface area contributed by atoms with Crippen LogP contribution in [0.2, 0.25) is 0 Å². The average molecular weight is 257 g/mol. The Hall–Kier alpha value is -1.000. The first-order valence-electron chi connectivity index (χ1n) is 4.69. The number of benzene rings is 1. The van der Waals surface area contributed by atoms with Gasteiger partial charge in [-0.2, -0.15) is 0 Å². The van der Waals surface area contributed by atoms with Gasteiger partial charge in [-0.3, -0.25) is 9.59 Å². The van der Waals surface area contributed by atoms with E-state index >= 15 is 0 Å². The number of ketones is 1. The fourth-order valence-corrected chi connectivity index (χ4v) is 2.98. The number of Topliss-reactive ketones (excluding diaryl/α,β-unsaturated/α-hetero) is 1.